The second-order valence-corrected chi connectivity index (χ2v) is 7.99. The molecule has 1 saturated heterocycles. The summed E-state index contributed by atoms with van der Waals surface area (Å²) in [6, 6.07) is 18.3. The van der Waals surface area contributed by atoms with Crippen molar-refractivity contribution in [2.24, 2.45) is 13.0 Å². The number of aliphatic hydroxyl groups excluding tert-OH is 1. The van der Waals surface area contributed by atoms with E-state index in [-0.39, 0.29) is 17.9 Å². The Balaban J connectivity index is 1.42. The van der Waals surface area contributed by atoms with E-state index >= 15 is 0 Å². The van der Waals surface area contributed by atoms with Gasteiger partial charge in [0.2, 0.25) is 0 Å². The third-order valence-corrected chi connectivity index (χ3v) is 6.14. The normalized spacial score (nSPS) is 16.5. The lowest BCUT2D eigenvalue weighted by atomic mass is 9.88. The van der Waals surface area contributed by atoms with Crippen LogP contribution in [0.25, 0.3) is 10.9 Å². The molecule has 4 nitrogen and oxygen atoms in total. The number of carbonyl (C=O) groups is 1. The van der Waals surface area contributed by atoms with Gasteiger partial charge in [-0.25, -0.2) is 0 Å². The van der Waals surface area contributed by atoms with Gasteiger partial charge in [-0.2, -0.15) is 0 Å². The minimum Gasteiger partial charge on any atom is -0.392 e. The van der Waals surface area contributed by atoms with Crippen LogP contribution in [0.2, 0.25) is 0 Å². The van der Waals surface area contributed by atoms with Gasteiger partial charge in [0.1, 0.15) is 5.69 Å². The minimum atomic E-state index is -0.347. The second-order valence-electron chi connectivity index (χ2n) is 7.99. The molecule has 3 aromatic rings. The highest BCUT2D eigenvalue weighted by molar-refractivity contribution is 5.99. The lowest BCUT2D eigenvalue weighted by Crippen LogP contribution is -2.42. The highest BCUT2D eigenvalue weighted by Crippen LogP contribution is 2.27. The molecule has 1 fully saturated rings. The average molecular weight is 377 g/mol. The Hall–Kier alpha value is -2.59. The van der Waals surface area contributed by atoms with E-state index in [0.717, 1.165) is 29.4 Å². The van der Waals surface area contributed by atoms with Crippen LogP contribution in [0.5, 0.6) is 0 Å². The highest BCUT2D eigenvalue weighted by Gasteiger charge is 2.29. The molecule has 1 aromatic heterocycles. The van der Waals surface area contributed by atoms with Gasteiger partial charge in [-0.05, 0) is 49.3 Å². The summed E-state index contributed by atoms with van der Waals surface area (Å²) < 4.78 is 2.02. The Labute approximate surface area is 166 Å². The van der Waals surface area contributed by atoms with Crippen molar-refractivity contribution in [1.82, 2.24) is 9.47 Å². The molecule has 2 aromatic carbocycles. The van der Waals surface area contributed by atoms with E-state index in [4.69, 9.17) is 0 Å². The fourth-order valence-corrected chi connectivity index (χ4v) is 4.50. The summed E-state index contributed by atoms with van der Waals surface area (Å²) in [6.07, 6.45) is 2.04. The van der Waals surface area contributed by atoms with Crippen LogP contribution in [0.15, 0.2) is 54.6 Å². The summed E-state index contributed by atoms with van der Waals surface area (Å²) >= 11 is 0. The molecule has 4 rings (SSSR count). The lowest BCUT2D eigenvalue weighted by molar-refractivity contribution is 0.0462. The van der Waals surface area contributed by atoms with Gasteiger partial charge in [0.15, 0.2) is 0 Å². The fraction of sp³-hybridized carbons (Fsp3) is 0.375. The van der Waals surface area contributed by atoms with Gasteiger partial charge in [0, 0.05) is 25.5 Å². The van der Waals surface area contributed by atoms with Crippen LogP contribution in [0, 0.1) is 12.8 Å². The molecular weight excluding hydrogens is 348 g/mol. The van der Waals surface area contributed by atoms with Crippen LogP contribution in [-0.4, -0.2) is 39.7 Å². The number of benzene rings is 2. The standard InChI is InChI=1S/C24H28N2O2/c1-17-7-6-10-20-16-21(25(2)23(17)20)24(28)26-13-11-19(12-14-26)22(27)15-18-8-4-3-5-9-18/h3-10,16,19,22,27H,11-15H2,1-2H3/t22-/m0/s1. The van der Waals surface area contributed by atoms with E-state index in [1.807, 2.05) is 46.8 Å². The summed E-state index contributed by atoms with van der Waals surface area (Å²) in [5.41, 5.74) is 4.22. The van der Waals surface area contributed by atoms with Crippen molar-refractivity contribution in [2.75, 3.05) is 13.1 Å². The van der Waals surface area contributed by atoms with Crippen molar-refractivity contribution in [1.29, 1.82) is 0 Å². The van der Waals surface area contributed by atoms with E-state index < -0.39 is 0 Å². The Kier molecular flexibility index (Phi) is 5.23. The topological polar surface area (TPSA) is 45.5 Å². The van der Waals surface area contributed by atoms with E-state index in [9.17, 15) is 9.90 Å². The molecule has 1 amide bonds. The van der Waals surface area contributed by atoms with E-state index in [0.29, 0.717) is 19.5 Å². The van der Waals surface area contributed by atoms with Gasteiger partial charge < -0.3 is 14.6 Å². The van der Waals surface area contributed by atoms with Crippen LogP contribution in [-0.2, 0) is 13.5 Å². The van der Waals surface area contributed by atoms with Gasteiger partial charge in [0.05, 0.1) is 11.6 Å². The number of rotatable bonds is 4. The first-order valence-corrected chi connectivity index (χ1v) is 10.1. The van der Waals surface area contributed by atoms with Crippen LogP contribution in [0.1, 0.15) is 34.5 Å². The van der Waals surface area contributed by atoms with Crippen LogP contribution < -0.4 is 0 Å². The Bertz CT molecular complexity index is 969. The molecule has 0 unspecified atom stereocenters. The number of likely N-dealkylation sites (tertiary alicyclic amines) is 1. The van der Waals surface area contributed by atoms with Crippen LogP contribution >= 0.6 is 0 Å². The van der Waals surface area contributed by atoms with Gasteiger partial charge >= 0.3 is 0 Å². The van der Waals surface area contributed by atoms with Crippen molar-refractivity contribution in [3.05, 3.63) is 71.4 Å². The maximum absolute atomic E-state index is 13.1. The van der Waals surface area contributed by atoms with Crippen molar-refractivity contribution in [3.63, 3.8) is 0 Å². The molecule has 0 aliphatic carbocycles. The maximum atomic E-state index is 13.1. The van der Waals surface area contributed by atoms with Gasteiger partial charge in [-0.1, -0.05) is 48.5 Å². The second kappa shape index (κ2) is 7.80. The summed E-state index contributed by atoms with van der Waals surface area (Å²) in [6.45, 7) is 3.49. The zero-order chi connectivity index (χ0) is 19.7. The number of nitrogens with zero attached hydrogens (tertiary/aromatic N) is 2. The first kappa shape index (κ1) is 18.8. The van der Waals surface area contributed by atoms with E-state index in [2.05, 4.69) is 31.2 Å². The number of piperidine rings is 1. The maximum Gasteiger partial charge on any atom is 0.270 e. The molecule has 1 atom stereocenters. The van der Waals surface area contributed by atoms with E-state index in [1.165, 1.54) is 11.1 Å². The molecule has 4 heteroatoms. The number of hydrogen-bond donors (Lipinski definition) is 1. The smallest absolute Gasteiger partial charge is 0.270 e. The first-order chi connectivity index (χ1) is 13.5. The predicted octanol–water partition coefficient (Wildman–Crippen LogP) is 3.94. The highest BCUT2D eigenvalue weighted by atomic mass is 16.3. The number of fused-ring (bicyclic) bond motifs is 1. The van der Waals surface area contributed by atoms with Crippen molar-refractivity contribution in [3.8, 4) is 0 Å². The zero-order valence-electron chi connectivity index (χ0n) is 16.6. The Morgan fingerprint density at radius 3 is 2.50 bits per heavy atom. The third-order valence-electron chi connectivity index (χ3n) is 6.14. The SMILES string of the molecule is Cc1cccc2cc(C(=O)N3CCC([C@@H](O)Cc4ccccc4)CC3)n(C)c12. The quantitative estimate of drug-likeness (QED) is 0.750. The van der Waals surface area contributed by atoms with Gasteiger partial charge in [-0.3, -0.25) is 4.79 Å². The summed E-state index contributed by atoms with van der Waals surface area (Å²) in [7, 11) is 1.97. The molecule has 1 aliphatic heterocycles. The van der Waals surface area contributed by atoms with Crippen molar-refractivity contribution >= 4 is 16.8 Å². The molecule has 0 radical (unpaired) electrons. The number of aliphatic hydroxyl groups is 1. The fourth-order valence-electron chi connectivity index (χ4n) is 4.50. The molecule has 1 aliphatic rings. The van der Waals surface area contributed by atoms with Crippen molar-refractivity contribution in [2.45, 2.75) is 32.3 Å². The molecule has 0 bridgehead atoms. The molecule has 146 valence electrons. The monoisotopic (exact) mass is 376 g/mol. The minimum absolute atomic E-state index is 0.0918. The van der Waals surface area contributed by atoms with Gasteiger partial charge in [0.25, 0.3) is 5.91 Å². The number of hydrogen-bond acceptors (Lipinski definition) is 2. The molecule has 28 heavy (non-hydrogen) atoms. The number of para-hydroxylation sites is 1. The number of aromatic nitrogens is 1. The summed E-state index contributed by atoms with van der Waals surface area (Å²) in [5.74, 6) is 0.341. The average Bonchev–Trinajstić information content (AvgIpc) is 3.06. The summed E-state index contributed by atoms with van der Waals surface area (Å²) in [5, 5.41) is 11.7. The number of aryl methyl sites for hydroxylation is 2. The van der Waals surface area contributed by atoms with Crippen LogP contribution in [0.3, 0.4) is 0 Å². The number of amides is 1. The summed E-state index contributed by atoms with van der Waals surface area (Å²) in [4.78, 5) is 15.1. The Morgan fingerprint density at radius 1 is 1.11 bits per heavy atom. The molecule has 0 spiro atoms. The van der Waals surface area contributed by atoms with Gasteiger partial charge in [-0.15, -0.1) is 0 Å². The molecule has 2 heterocycles. The van der Waals surface area contributed by atoms with E-state index in [1.54, 1.807) is 0 Å². The third kappa shape index (κ3) is 3.57. The van der Waals surface area contributed by atoms with Crippen LogP contribution in [0.4, 0.5) is 0 Å². The molecular formula is C24H28N2O2. The largest absolute Gasteiger partial charge is 0.392 e. The first-order valence-electron chi connectivity index (χ1n) is 10.1. The molecule has 1 N–H and O–H groups in total. The zero-order valence-corrected chi connectivity index (χ0v) is 16.6. The lowest BCUT2D eigenvalue weighted by Gasteiger charge is -2.34. The Morgan fingerprint density at radius 2 is 1.82 bits per heavy atom. The molecule has 0 saturated carbocycles. The number of carbonyl (C=O) groups excluding carboxylic acids is 1. The predicted molar refractivity (Wildman–Crippen MR) is 112 cm³/mol. The van der Waals surface area contributed by atoms with Crippen molar-refractivity contribution < 1.29 is 9.90 Å².